The molecule has 0 spiro atoms. The quantitative estimate of drug-likeness (QED) is 0.550. The molecule has 0 bridgehead atoms. The molecule has 0 aromatic carbocycles. The van der Waals surface area contributed by atoms with Crippen LogP contribution in [0.25, 0.3) is 0 Å². The summed E-state index contributed by atoms with van der Waals surface area (Å²) in [7, 11) is 0. The van der Waals surface area contributed by atoms with Crippen LogP contribution in [0, 0.1) is 0 Å². The molecule has 1 atom stereocenters. The molecule has 0 aliphatic carbocycles. The Kier molecular flexibility index (Phi) is 3.24. The number of carbonyl (C=O) groups excluding carboxylic acids is 2. The van der Waals surface area contributed by atoms with Gasteiger partial charge in [-0.3, -0.25) is 0 Å². The molecule has 11 heavy (non-hydrogen) atoms. The second kappa shape index (κ2) is 4.00. The van der Waals surface area contributed by atoms with Gasteiger partial charge in [0, 0.05) is 0 Å². The summed E-state index contributed by atoms with van der Waals surface area (Å²) >= 11 is -1.91. The van der Waals surface area contributed by atoms with Crippen molar-refractivity contribution in [3.05, 3.63) is 0 Å². The molecule has 60 valence electrons. The zero-order valence-electron chi connectivity index (χ0n) is 5.70. The van der Waals surface area contributed by atoms with Gasteiger partial charge >= 0.3 is 76.7 Å². The zero-order chi connectivity index (χ0) is 8.27. The predicted molar refractivity (Wildman–Crippen MR) is 35.1 cm³/mol. The fraction of sp³-hybridized carbons (Fsp3) is 0.600. The molecule has 0 aromatic heterocycles. The van der Waals surface area contributed by atoms with Gasteiger partial charge in [0.1, 0.15) is 0 Å². The summed E-state index contributed by atoms with van der Waals surface area (Å²) < 4.78 is 9.31. The molecule has 0 amide bonds. The minimum absolute atomic E-state index is 0.225. The van der Waals surface area contributed by atoms with E-state index in [1.54, 1.807) is 0 Å². The van der Waals surface area contributed by atoms with Crippen molar-refractivity contribution in [2.24, 2.45) is 5.73 Å². The summed E-state index contributed by atoms with van der Waals surface area (Å²) in [6.45, 7) is 0. The number of hydrogen-bond acceptors (Lipinski definition) is 5. The molecular formula is C5H7NO4Pb. The standard InChI is InChI=1S/C5H9NO4.Pb/c6-3(5(9)10)1-2-4(7)8;/h3H,1-2,6H2,(H,7,8)(H,9,10);/q;+2/p-2/t3-;/m1./s1. The van der Waals surface area contributed by atoms with Crippen LogP contribution in [0.3, 0.4) is 0 Å². The van der Waals surface area contributed by atoms with Gasteiger partial charge in [0.05, 0.1) is 0 Å². The Morgan fingerprint density at radius 1 is 1.45 bits per heavy atom. The van der Waals surface area contributed by atoms with Crippen molar-refractivity contribution >= 4 is 37.1 Å². The molecule has 2 radical (unpaired) electrons. The maximum atomic E-state index is 10.8. The van der Waals surface area contributed by atoms with Crippen LogP contribution in [0.1, 0.15) is 12.8 Å². The Labute approximate surface area is 76.7 Å². The summed E-state index contributed by atoms with van der Waals surface area (Å²) in [6.07, 6.45) is 0.546. The fourth-order valence-corrected chi connectivity index (χ4v) is 2.45. The molecule has 5 nitrogen and oxygen atoms in total. The third kappa shape index (κ3) is 2.74. The van der Waals surface area contributed by atoms with Gasteiger partial charge in [0.25, 0.3) is 0 Å². The van der Waals surface area contributed by atoms with Crippen molar-refractivity contribution < 1.29 is 15.0 Å². The van der Waals surface area contributed by atoms with Crippen LogP contribution in [0.2, 0.25) is 0 Å². The SMILES string of the molecule is N[C@@H]1CCC(=O)[O][Pb][O]C1=O. The molecule has 1 saturated heterocycles. The summed E-state index contributed by atoms with van der Waals surface area (Å²) in [5.74, 6) is -0.725. The monoisotopic (exact) mass is 353 g/mol. The van der Waals surface area contributed by atoms with Crippen molar-refractivity contribution in [2.45, 2.75) is 18.9 Å². The Morgan fingerprint density at radius 3 is 2.91 bits per heavy atom. The van der Waals surface area contributed by atoms with Crippen molar-refractivity contribution in [3.8, 4) is 0 Å². The van der Waals surface area contributed by atoms with Crippen LogP contribution >= 0.6 is 0 Å². The van der Waals surface area contributed by atoms with E-state index in [1.807, 2.05) is 0 Å². The average Bonchev–Trinajstić information content (AvgIpc) is 1.98. The molecule has 0 aromatic rings. The number of hydrogen-bond donors (Lipinski definition) is 1. The van der Waals surface area contributed by atoms with E-state index >= 15 is 0 Å². The fourth-order valence-electron chi connectivity index (χ4n) is 0.626. The van der Waals surface area contributed by atoms with Gasteiger partial charge in [-0.05, 0) is 0 Å². The molecule has 0 unspecified atom stereocenters. The zero-order valence-corrected chi connectivity index (χ0v) is 9.59. The van der Waals surface area contributed by atoms with Crippen molar-refractivity contribution in [2.75, 3.05) is 0 Å². The van der Waals surface area contributed by atoms with E-state index in [4.69, 9.17) is 5.73 Å². The van der Waals surface area contributed by atoms with Crippen LogP contribution in [-0.2, 0) is 15.0 Å². The van der Waals surface area contributed by atoms with Gasteiger partial charge in [-0.2, -0.15) is 0 Å². The van der Waals surface area contributed by atoms with E-state index < -0.39 is 37.2 Å². The van der Waals surface area contributed by atoms with Crippen LogP contribution in [0.5, 0.6) is 0 Å². The van der Waals surface area contributed by atoms with Crippen molar-refractivity contribution in [1.82, 2.24) is 0 Å². The van der Waals surface area contributed by atoms with Crippen LogP contribution in [-0.4, -0.2) is 43.1 Å². The molecule has 0 saturated carbocycles. The van der Waals surface area contributed by atoms with E-state index in [2.05, 4.69) is 5.37 Å². The van der Waals surface area contributed by atoms with Gasteiger partial charge in [-0.15, -0.1) is 0 Å². The first-order valence-electron chi connectivity index (χ1n) is 3.11. The van der Waals surface area contributed by atoms with Gasteiger partial charge in [0.2, 0.25) is 0 Å². The first kappa shape index (κ1) is 8.91. The van der Waals surface area contributed by atoms with Crippen LogP contribution in [0.4, 0.5) is 0 Å². The summed E-state index contributed by atoms with van der Waals surface area (Å²) in [5, 5.41) is 0. The summed E-state index contributed by atoms with van der Waals surface area (Å²) in [5.41, 5.74) is 5.36. The normalized spacial score (nSPS) is 26.5. The first-order chi connectivity index (χ1) is 5.20. The Morgan fingerprint density at radius 2 is 2.18 bits per heavy atom. The third-order valence-electron chi connectivity index (χ3n) is 1.26. The summed E-state index contributed by atoms with van der Waals surface area (Å²) in [6, 6.07) is -0.643. The third-order valence-corrected chi connectivity index (χ3v) is 3.58. The average molecular weight is 352 g/mol. The molecule has 1 rings (SSSR count). The molecule has 6 heteroatoms. The second-order valence-electron chi connectivity index (χ2n) is 2.12. The molecule has 2 N–H and O–H groups in total. The minimum atomic E-state index is -1.91. The predicted octanol–water partition coefficient (Wildman–Crippen LogP) is -1.27. The van der Waals surface area contributed by atoms with Crippen LogP contribution < -0.4 is 5.73 Å². The molecule has 1 fully saturated rings. The maximum absolute atomic E-state index is 10.8. The molecule has 1 aliphatic heterocycles. The Balaban J connectivity index is 2.47. The van der Waals surface area contributed by atoms with E-state index in [9.17, 15) is 9.59 Å². The van der Waals surface area contributed by atoms with E-state index in [-0.39, 0.29) is 12.4 Å². The Hall–Kier alpha value is -0.178. The Bertz CT molecular complexity index is 183. The molecule has 1 heterocycles. The van der Waals surface area contributed by atoms with Gasteiger partial charge in [-0.25, -0.2) is 0 Å². The van der Waals surface area contributed by atoms with E-state index in [0.29, 0.717) is 6.42 Å². The van der Waals surface area contributed by atoms with Gasteiger partial charge in [0.15, 0.2) is 0 Å². The number of nitrogens with two attached hydrogens (primary N) is 1. The van der Waals surface area contributed by atoms with E-state index in [0.717, 1.165) is 0 Å². The second-order valence-corrected chi connectivity index (χ2v) is 4.36. The molecular weight excluding hydrogens is 345 g/mol. The van der Waals surface area contributed by atoms with Gasteiger partial charge < -0.3 is 0 Å². The number of carbonyl (C=O) groups is 2. The number of rotatable bonds is 0. The van der Waals surface area contributed by atoms with Crippen LogP contribution in [0.15, 0.2) is 0 Å². The van der Waals surface area contributed by atoms with E-state index in [1.165, 1.54) is 0 Å². The van der Waals surface area contributed by atoms with Crippen molar-refractivity contribution in [3.63, 3.8) is 0 Å². The molecule has 1 aliphatic rings. The first-order valence-corrected chi connectivity index (χ1v) is 6.28. The van der Waals surface area contributed by atoms with Crippen molar-refractivity contribution in [1.29, 1.82) is 0 Å². The van der Waals surface area contributed by atoms with Gasteiger partial charge in [-0.1, -0.05) is 0 Å². The summed E-state index contributed by atoms with van der Waals surface area (Å²) in [4.78, 5) is 21.5. The topological polar surface area (TPSA) is 78.6 Å².